The zero-order chi connectivity index (χ0) is 8.72. The van der Waals surface area contributed by atoms with Crippen LogP contribution < -0.4 is 5.73 Å². The number of rotatable bonds is 0. The van der Waals surface area contributed by atoms with Gasteiger partial charge in [0.15, 0.2) is 0 Å². The van der Waals surface area contributed by atoms with Crippen molar-refractivity contribution in [3.63, 3.8) is 0 Å². The van der Waals surface area contributed by atoms with Crippen molar-refractivity contribution in [2.45, 2.75) is 0 Å². The maximum Gasteiger partial charge on any atom is 0.0640 e. The summed E-state index contributed by atoms with van der Waals surface area (Å²) in [5.74, 6) is 0. The number of anilines is 1. The van der Waals surface area contributed by atoms with Gasteiger partial charge in [0.1, 0.15) is 0 Å². The number of hydrogen-bond donors (Lipinski definition) is 1. The molecule has 0 unspecified atom stereocenters. The molecule has 4 heteroatoms. The summed E-state index contributed by atoms with van der Waals surface area (Å²) in [6.07, 6.45) is 0. The van der Waals surface area contributed by atoms with Crippen LogP contribution >= 0.6 is 43.2 Å². The number of hydrogen-bond acceptors (Lipinski definition) is 2. The van der Waals surface area contributed by atoms with Gasteiger partial charge in [-0.05, 0) is 37.9 Å². The highest BCUT2D eigenvalue weighted by Crippen LogP contribution is 2.37. The Bertz CT molecular complexity index is 436. The van der Waals surface area contributed by atoms with Crippen LogP contribution in [0.1, 0.15) is 0 Å². The molecule has 2 aromatic rings. The summed E-state index contributed by atoms with van der Waals surface area (Å²) in [5, 5.41) is 3.23. The maximum absolute atomic E-state index is 5.87. The van der Waals surface area contributed by atoms with Gasteiger partial charge in [0, 0.05) is 19.7 Å². The molecule has 2 rings (SSSR count). The minimum absolute atomic E-state index is 0.822. The van der Waals surface area contributed by atoms with E-state index in [-0.39, 0.29) is 0 Å². The monoisotopic (exact) mass is 305 g/mol. The van der Waals surface area contributed by atoms with Crippen molar-refractivity contribution in [2.24, 2.45) is 0 Å². The third kappa shape index (κ3) is 1.18. The lowest BCUT2D eigenvalue weighted by Gasteiger charge is -1.98. The fraction of sp³-hybridized carbons (Fsp3) is 0. The molecule has 62 valence electrons. The normalized spacial score (nSPS) is 10.8. The van der Waals surface area contributed by atoms with Crippen LogP contribution in [0.5, 0.6) is 0 Å². The molecule has 0 spiro atoms. The quantitative estimate of drug-likeness (QED) is 0.731. The Morgan fingerprint density at radius 3 is 2.67 bits per heavy atom. The molecular formula is C8H5Br2NS. The molecule has 1 aromatic heterocycles. The molecule has 0 atom stereocenters. The molecular weight excluding hydrogens is 302 g/mol. The molecule has 0 aliphatic heterocycles. The van der Waals surface area contributed by atoms with Crippen molar-refractivity contribution in [3.05, 3.63) is 26.5 Å². The number of thiophene rings is 1. The summed E-state index contributed by atoms with van der Waals surface area (Å²) in [4.78, 5) is 0. The Labute approximate surface area is 90.8 Å². The summed E-state index contributed by atoms with van der Waals surface area (Å²) >= 11 is 8.51. The Kier molecular flexibility index (Phi) is 2.14. The summed E-state index contributed by atoms with van der Waals surface area (Å²) in [6.45, 7) is 0. The van der Waals surface area contributed by atoms with Crippen LogP contribution in [0.3, 0.4) is 0 Å². The van der Waals surface area contributed by atoms with Crippen molar-refractivity contribution >= 4 is 59.0 Å². The van der Waals surface area contributed by atoms with E-state index in [4.69, 9.17) is 5.73 Å². The van der Waals surface area contributed by atoms with E-state index in [1.165, 1.54) is 5.39 Å². The predicted octanol–water partition coefficient (Wildman–Crippen LogP) is 4.01. The minimum Gasteiger partial charge on any atom is -0.397 e. The van der Waals surface area contributed by atoms with Gasteiger partial charge in [-0.15, -0.1) is 11.3 Å². The predicted molar refractivity (Wildman–Crippen MR) is 61.6 cm³/mol. The Balaban J connectivity index is 2.93. The molecule has 2 N–H and O–H groups in total. The highest BCUT2D eigenvalue weighted by Gasteiger charge is 2.06. The zero-order valence-electron chi connectivity index (χ0n) is 5.97. The standard InChI is InChI=1S/C8H5Br2NS/c9-5-2-1-4-6(10)3-12-8(4)7(5)11/h1-3H,11H2. The zero-order valence-corrected chi connectivity index (χ0v) is 9.96. The molecule has 0 saturated carbocycles. The fourth-order valence-electron chi connectivity index (χ4n) is 1.06. The first-order valence-corrected chi connectivity index (χ1v) is 5.77. The van der Waals surface area contributed by atoms with Gasteiger partial charge in [0.25, 0.3) is 0 Å². The first kappa shape index (κ1) is 8.53. The molecule has 1 aromatic carbocycles. The highest BCUT2D eigenvalue weighted by molar-refractivity contribution is 9.11. The first-order chi connectivity index (χ1) is 5.70. The van der Waals surface area contributed by atoms with Crippen molar-refractivity contribution < 1.29 is 0 Å². The molecule has 1 nitrogen and oxygen atoms in total. The lowest BCUT2D eigenvalue weighted by Crippen LogP contribution is -1.85. The highest BCUT2D eigenvalue weighted by atomic mass is 79.9. The second-order valence-electron chi connectivity index (χ2n) is 2.42. The Morgan fingerprint density at radius 1 is 1.17 bits per heavy atom. The third-order valence-corrected chi connectivity index (χ3v) is 4.36. The van der Waals surface area contributed by atoms with Crippen LogP contribution in [-0.2, 0) is 0 Å². The smallest absolute Gasteiger partial charge is 0.0640 e. The van der Waals surface area contributed by atoms with E-state index in [0.717, 1.165) is 19.3 Å². The van der Waals surface area contributed by atoms with Gasteiger partial charge < -0.3 is 5.73 Å². The second-order valence-corrected chi connectivity index (χ2v) is 5.01. The van der Waals surface area contributed by atoms with Crippen molar-refractivity contribution in [2.75, 3.05) is 5.73 Å². The number of benzene rings is 1. The van der Waals surface area contributed by atoms with Crippen LogP contribution in [0, 0.1) is 0 Å². The lowest BCUT2D eigenvalue weighted by molar-refractivity contribution is 1.73. The topological polar surface area (TPSA) is 26.0 Å². The van der Waals surface area contributed by atoms with Gasteiger partial charge in [-0.1, -0.05) is 6.07 Å². The molecule has 0 radical (unpaired) electrons. The van der Waals surface area contributed by atoms with Crippen LogP contribution in [0.2, 0.25) is 0 Å². The molecule has 12 heavy (non-hydrogen) atoms. The van der Waals surface area contributed by atoms with Gasteiger partial charge in [0.05, 0.1) is 10.4 Å². The Morgan fingerprint density at radius 2 is 1.92 bits per heavy atom. The van der Waals surface area contributed by atoms with E-state index in [1.807, 2.05) is 11.4 Å². The average molecular weight is 307 g/mol. The number of nitrogen functional groups attached to an aromatic ring is 1. The molecule has 1 heterocycles. The molecule has 0 saturated heterocycles. The SMILES string of the molecule is Nc1c(Br)ccc2c(Br)csc12. The summed E-state index contributed by atoms with van der Waals surface area (Å²) in [6, 6.07) is 4.02. The van der Waals surface area contributed by atoms with E-state index >= 15 is 0 Å². The average Bonchev–Trinajstić information content (AvgIpc) is 2.41. The van der Waals surface area contributed by atoms with Crippen LogP contribution in [-0.4, -0.2) is 0 Å². The van der Waals surface area contributed by atoms with Gasteiger partial charge >= 0.3 is 0 Å². The minimum atomic E-state index is 0.822. The fourth-order valence-corrected chi connectivity index (χ4v) is 3.16. The number of nitrogens with two attached hydrogens (primary N) is 1. The van der Waals surface area contributed by atoms with Gasteiger partial charge in [0.2, 0.25) is 0 Å². The van der Waals surface area contributed by atoms with E-state index in [1.54, 1.807) is 11.3 Å². The van der Waals surface area contributed by atoms with Gasteiger partial charge in [-0.2, -0.15) is 0 Å². The summed E-state index contributed by atoms with van der Waals surface area (Å²) in [7, 11) is 0. The molecule has 0 bridgehead atoms. The van der Waals surface area contributed by atoms with Crippen molar-refractivity contribution in [3.8, 4) is 0 Å². The maximum atomic E-state index is 5.87. The van der Waals surface area contributed by atoms with Gasteiger partial charge in [-0.25, -0.2) is 0 Å². The van der Waals surface area contributed by atoms with E-state index in [0.29, 0.717) is 0 Å². The third-order valence-electron chi connectivity index (χ3n) is 1.68. The van der Waals surface area contributed by atoms with Crippen LogP contribution in [0.4, 0.5) is 5.69 Å². The summed E-state index contributed by atoms with van der Waals surface area (Å²) < 4.78 is 3.21. The second kappa shape index (κ2) is 3.01. The van der Waals surface area contributed by atoms with E-state index < -0.39 is 0 Å². The molecule has 0 aliphatic carbocycles. The lowest BCUT2D eigenvalue weighted by atomic mass is 10.2. The molecule has 0 aliphatic rings. The first-order valence-electron chi connectivity index (χ1n) is 3.31. The largest absolute Gasteiger partial charge is 0.397 e. The van der Waals surface area contributed by atoms with E-state index in [9.17, 15) is 0 Å². The van der Waals surface area contributed by atoms with Crippen LogP contribution in [0.25, 0.3) is 10.1 Å². The molecule has 0 fully saturated rings. The van der Waals surface area contributed by atoms with E-state index in [2.05, 4.69) is 37.9 Å². The number of fused-ring (bicyclic) bond motifs is 1. The van der Waals surface area contributed by atoms with Crippen molar-refractivity contribution in [1.29, 1.82) is 0 Å². The van der Waals surface area contributed by atoms with Crippen LogP contribution in [0.15, 0.2) is 26.5 Å². The molecule has 0 amide bonds. The summed E-state index contributed by atoms with van der Waals surface area (Å²) in [5.41, 5.74) is 6.70. The Hall–Kier alpha value is -0.0600. The van der Waals surface area contributed by atoms with Gasteiger partial charge in [-0.3, -0.25) is 0 Å². The number of halogens is 2. The van der Waals surface area contributed by atoms with Crippen molar-refractivity contribution in [1.82, 2.24) is 0 Å².